The lowest BCUT2D eigenvalue weighted by Gasteiger charge is -2.18. The molecule has 0 radical (unpaired) electrons. The average molecular weight is 332 g/mol. The number of nitrogens with zero attached hydrogens (tertiary/aromatic N) is 3. The molecule has 1 N–H and O–H groups in total. The number of benzene rings is 2. The first-order chi connectivity index (χ1) is 12.3. The average Bonchev–Trinajstić information content (AvgIpc) is 3.26. The van der Waals surface area contributed by atoms with Gasteiger partial charge >= 0.3 is 0 Å². The van der Waals surface area contributed by atoms with Crippen LogP contribution in [0.25, 0.3) is 5.69 Å². The van der Waals surface area contributed by atoms with Gasteiger partial charge in [0.15, 0.2) is 0 Å². The first-order valence-electron chi connectivity index (χ1n) is 9.10. The van der Waals surface area contributed by atoms with E-state index in [1.807, 2.05) is 16.9 Å². The molecule has 3 aromatic rings. The van der Waals surface area contributed by atoms with Gasteiger partial charge in [-0.3, -0.25) is 0 Å². The van der Waals surface area contributed by atoms with Crippen molar-refractivity contribution >= 4 is 5.69 Å². The fourth-order valence-corrected chi connectivity index (χ4v) is 3.59. The van der Waals surface area contributed by atoms with Crippen LogP contribution < -0.4 is 5.32 Å². The number of anilines is 1. The van der Waals surface area contributed by atoms with Crippen molar-refractivity contribution in [2.24, 2.45) is 5.92 Å². The molecule has 0 saturated heterocycles. The summed E-state index contributed by atoms with van der Waals surface area (Å²) in [7, 11) is 0. The minimum Gasteiger partial charge on any atom is -0.382 e. The van der Waals surface area contributed by atoms with Crippen LogP contribution in [0.3, 0.4) is 0 Å². The third kappa shape index (κ3) is 3.73. The van der Waals surface area contributed by atoms with Gasteiger partial charge in [-0.2, -0.15) is 0 Å². The Labute approximate surface area is 148 Å². The van der Waals surface area contributed by atoms with Gasteiger partial charge in [0.2, 0.25) is 0 Å². The van der Waals surface area contributed by atoms with Crippen LogP contribution in [0, 0.1) is 5.92 Å². The van der Waals surface area contributed by atoms with Gasteiger partial charge in [0, 0.05) is 18.2 Å². The van der Waals surface area contributed by atoms with Crippen molar-refractivity contribution in [3.63, 3.8) is 0 Å². The van der Waals surface area contributed by atoms with Crippen molar-refractivity contribution < 1.29 is 0 Å². The summed E-state index contributed by atoms with van der Waals surface area (Å²) in [4.78, 5) is 0. The van der Waals surface area contributed by atoms with E-state index in [0.717, 1.165) is 23.7 Å². The first kappa shape index (κ1) is 15.9. The zero-order valence-corrected chi connectivity index (χ0v) is 14.6. The van der Waals surface area contributed by atoms with Crippen molar-refractivity contribution in [3.8, 4) is 5.69 Å². The number of hydrogen-bond donors (Lipinski definition) is 1. The molecule has 0 aliphatic heterocycles. The molecule has 2 unspecified atom stereocenters. The van der Waals surface area contributed by atoms with Gasteiger partial charge < -0.3 is 5.32 Å². The maximum Gasteiger partial charge on any atom is 0.0875 e. The molecule has 2 aromatic carbocycles. The number of nitrogens with one attached hydrogen (secondary N) is 1. The van der Waals surface area contributed by atoms with Crippen molar-refractivity contribution in [1.29, 1.82) is 0 Å². The summed E-state index contributed by atoms with van der Waals surface area (Å²) < 4.78 is 1.85. The van der Waals surface area contributed by atoms with Crippen molar-refractivity contribution in [1.82, 2.24) is 15.0 Å². The fourth-order valence-electron chi connectivity index (χ4n) is 3.59. The molecule has 1 aromatic heterocycles. The quantitative estimate of drug-likeness (QED) is 0.750. The molecule has 1 aliphatic rings. The normalized spacial score (nSPS) is 19.9. The predicted molar refractivity (Wildman–Crippen MR) is 101 cm³/mol. The van der Waals surface area contributed by atoms with Gasteiger partial charge in [-0.15, -0.1) is 5.10 Å². The van der Waals surface area contributed by atoms with Crippen molar-refractivity contribution in [2.75, 3.05) is 5.32 Å². The van der Waals surface area contributed by atoms with Gasteiger partial charge in [-0.25, -0.2) is 4.68 Å². The highest BCUT2D eigenvalue weighted by Gasteiger charge is 2.22. The Morgan fingerprint density at radius 2 is 1.84 bits per heavy atom. The summed E-state index contributed by atoms with van der Waals surface area (Å²) in [5.41, 5.74) is 4.46. The lowest BCUT2D eigenvalue weighted by Crippen LogP contribution is -2.21. The molecule has 2 atom stereocenters. The van der Waals surface area contributed by atoms with Crippen LogP contribution in [0.1, 0.15) is 37.4 Å². The van der Waals surface area contributed by atoms with E-state index < -0.39 is 0 Å². The highest BCUT2D eigenvalue weighted by molar-refractivity contribution is 5.49. The Balaban J connectivity index is 1.43. The van der Waals surface area contributed by atoms with Crippen LogP contribution in [0.5, 0.6) is 0 Å². The highest BCUT2D eigenvalue weighted by Crippen LogP contribution is 2.28. The molecule has 1 fully saturated rings. The summed E-state index contributed by atoms with van der Waals surface area (Å²) in [6.45, 7) is 2.34. The molecule has 0 amide bonds. The highest BCUT2D eigenvalue weighted by atomic mass is 15.4. The van der Waals surface area contributed by atoms with Crippen molar-refractivity contribution in [2.45, 2.75) is 38.6 Å². The van der Waals surface area contributed by atoms with E-state index in [1.54, 1.807) is 0 Å². The minimum absolute atomic E-state index is 0.606. The van der Waals surface area contributed by atoms with E-state index in [-0.39, 0.29) is 0 Å². The molecule has 25 heavy (non-hydrogen) atoms. The van der Waals surface area contributed by atoms with Gasteiger partial charge in [0.25, 0.3) is 0 Å². The molecule has 1 saturated carbocycles. The third-order valence-electron chi connectivity index (χ3n) is 5.11. The molecule has 4 nitrogen and oxygen atoms in total. The van der Waals surface area contributed by atoms with Crippen LogP contribution in [0.4, 0.5) is 5.69 Å². The van der Waals surface area contributed by atoms with E-state index >= 15 is 0 Å². The zero-order valence-electron chi connectivity index (χ0n) is 14.6. The second-order valence-electron chi connectivity index (χ2n) is 7.02. The van der Waals surface area contributed by atoms with Crippen LogP contribution >= 0.6 is 0 Å². The first-order valence-corrected chi connectivity index (χ1v) is 9.10. The molecule has 0 spiro atoms. The van der Waals surface area contributed by atoms with Crippen LogP contribution in [0.15, 0.2) is 60.8 Å². The maximum atomic E-state index is 4.30. The van der Waals surface area contributed by atoms with E-state index in [2.05, 4.69) is 71.1 Å². The molecule has 0 bridgehead atoms. The Morgan fingerprint density at radius 1 is 1.04 bits per heavy atom. The number of aromatic nitrogens is 3. The Kier molecular flexibility index (Phi) is 4.51. The Morgan fingerprint density at radius 3 is 2.56 bits per heavy atom. The van der Waals surface area contributed by atoms with Gasteiger partial charge in [0.05, 0.1) is 17.6 Å². The SMILES string of the molecule is CC1CCCC1Nc1ccc(-n2cc(Cc3ccccc3)nn2)cc1. The molecule has 1 aliphatic carbocycles. The van der Waals surface area contributed by atoms with Crippen LogP contribution in [0.2, 0.25) is 0 Å². The summed E-state index contributed by atoms with van der Waals surface area (Å²) in [5, 5.41) is 12.2. The number of rotatable bonds is 5. The molecule has 4 rings (SSSR count). The standard InChI is InChI=1S/C21H24N4/c1-16-6-5-9-21(16)22-18-10-12-20(13-11-18)25-15-19(23-24-25)14-17-7-3-2-4-8-17/h2-4,7-8,10-13,15-16,21-22H,5-6,9,14H2,1H3. The fraction of sp³-hybridized carbons (Fsp3) is 0.333. The topological polar surface area (TPSA) is 42.7 Å². The van der Waals surface area contributed by atoms with E-state index in [4.69, 9.17) is 0 Å². The lowest BCUT2D eigenvalue weighted by molar-refractivity contribution is 0.556. The van der Waals surface area contributed by atoms with Crippen molar-refractivity contribution in [3.05, 3.63) is 72.1 Å². The third-order valence-corrected chi connectivity index (χ3v) is 5.11. The molecule has 4 heteroatoms. The Bertz CT molecular complexity index is 807. The van der Waals surface area contributed by atoms with E-state index in [9.17, 15) is 0 Å². The van der Waals surface area contributed by atoms with Crippen LogP contribution in [-0.4, -0.2) is 21.0 Å². The van der Waals surface area contributed by atoms with E-state index in [1.165, 1.54) is 30.5 Å². The second kappa shape index (κ2) is 7.09. The summed E-state index contributed by atoms with van der Waals surface area (Å²) in [5.74, 6) is 0.760. The lowest BCUT2D eigenvalue weighted by atomic mass is 10.1. The molecule has 128 valence electrons. The maximum absolute atomic E-state index is 4.30. The van der Waals surface area contributed by atoms with E-state index in [0.29, 0.717) is 6.04 Å². The van der Waals surface area contributed by atoms with Gasteiger partial charge in [0.1, 0.15) is 0 Å². The van der Waals surface area contributed by atoms with Gasteiger partial charge in [-0.05, 0) is 48.6 Å². The minimum atomic E-state index is 0.606. The zero-order chi connectivity index (χ0) is 17.1. The van der Waals surface area contributed by atoms with Gasteiger partial charge in [-0.1, -0.05) is 48.9 Å². The molecule has 1 heterocycles. The molecular weight excluding hydrogens is 308 g/mol. The summed E-state index contributed by atoms with van der Waals surface area (Å²) >= 11 is 0. The largest absolute Gasteiger partial charge is 0.382 e. The monoisotopic (exact) mass is 332 g/mol. The molecular formula is C21H24N4. The summed E-state index contributed by atoms with van der Waals surface area (Å²) in [6, 6.07) is 19.4. The second-order valence-corrected chi connectivity index (χ2v) is 7.02. The Hall–Kier alpha value is -2.62. The van der Waals surface area contributed by atoms with Crippen LogP contribution in [-0.2, 0) is 6.42 Å². The summed E-state index contributed by atoms with van der Waals surface area (Å²) in [6.07, 6.45) is 6.75. The predicted octanol–water partition coefficient (Wildman–Crippen LogP) is 4.46. The number of hydrogen-bond acceptors (Lipinski definition) is 3. The smallest absolute Gasteiger partial charge is 0.0875 e.